The van der Waals surface area contributed by atoms with E-state index in [-0.39, 0.29) is 28.8 Å². The van der Waals surface area contributed by atoms with Crippen molar-refractivity contribution in [3.8, 4) is 23.6 Å². The molecule has 0 atom stereocenters. The van der Waals surface area contributed by atoms with Crippen molar-refractivity contribution in [3.05, 3.63) is 44.8 Å². The number of halogens is 2. The molecule has 2 heterocycles. The number of ether oxygens (including phenoxy) is 1. The Balaban J connectivity index is 2.23. The van der Waals surface area contributed by atoms with E-state index in [2.05, 4.69) is 0 Å². The fraction of sp³-hybridized carbons (Fsp3) is 0.312. The number of nitriles is 2. The first-order valence-electron chi connectivity index (χ1n) is 7.32. The van der Waals surface area contributed by atoms with E-state index < -0.39 is 11.5 Å². The zero-order valence-electron chi connectivity index (χ0n) is 12.6. The highest BCUT2D eigenvalue weighted by atomic mass is 35.5. The maximum absolute atomic E-state index is 14.4. The standard InChI is InChI=1S/C16H12ClFN4O2/c17-10-7-11(18)13(8-15(10)24-6-4-19)22-14(9-20)12-3-1-2-5-21(12)16(22)23/h7-8H,1-3,5-6H2. The Hall–Kier alpha value is -2.77. The molecule has 0 unspecified atom stereocenters. The van der Waals surface area contributed by atoms with Crippen molar-refractivity contribution in [2.45, 2.75) is 25.8 Å². The van der Waals surface area contributed by atoms with Crippen LogP contribution in [0.3, 0.4) is 0 Å². The summed E-state index contributed by atoms with van der Waals surface area (Å²) < 4.78 is 22.1. The lowest BCUT2D eigenvalue weighted by Crippen LogP contribution is -2.26. The van der Waals surface area contributed by atoms with Gasteiger partial charge in [-0.25, -0.2) is 13.8 Å². The van der Waals surface area contributed by atoms with Crippen LogP contribution in [0.25, 0.3) is 5.69 Å². The van der Waals surface area contributed by atoms with Gasteiger partial charge in [0.25, 0.3) is 0 Å². The smallest absolute Gasteiger partial charge is 0.334 e. The molecule has 6 nitrogen and oxygen atoms in total. The van der Waals surface area contributed by atoms with E-state index in [9.17, 15) is 14.4 Å². The summed E-state index contributed by atoms with van der Waals surface area (Å²) in [5, 5.41) is 18.0. The molecular weight excluding hydrogens is 335 g/mol. The summed E-state index contributed by atoms with van der Waals surface area (Å²) in [5.41, 5.74) is 0.152. The minimum atomic E-state index is -0.745. The predicted octanol–water partition coefficient (Wildman–Crippen LogP) is 2.54. The van der Waals surface area contributed by atoms with Gasteiger partial charge in [0.2, 0.25) is 0 Å². The average Bonchev–Trinajstić information content (AvgIpc) is 2.87. The van der Waals surface area contributed by atoms with Crippen molar-refractivity contribution >= 4 is 11.6 Å². The molecular formula is C16H12ClFN4O2. The first kappa shape index (κ1) is 16.1. The molecule has 122 valence electrons. The molecule has 8 heteroatoms. The molecule has 0 radical (unpaired) electrons. The van der Waals surface area contributed by atoms with E-state index in [0.29, 0.717) is 18.7 Å². The van der Waals surface area contributed by atoms with Crippen LogP contribution in [-0.2, 0) is 13.0 Å². The topological polar surface area (TPSA) is 83.7 Å². The van der Waals surface area contributed by atoms with Crippen LogP contribution in [0.2, 0.25) is 5.02 Å². The Morgan fingerprint density at radius 2 is 2.12 bits per heavy atom. The van der Waals surface area contributed by atoms with Crippen molar-refractivity contribution in [3.63, 3.8) is 0 Å². The molecule has 0 aliphatic carbocycles. The lowest BCUT2D eigenvalue weighted by Gasteiger charge is -2.12. The van der Waals surface area contributed by atoms with Crippen molar-refractivity contribution in [1.82, 2.24) is 9.13 Å². The molecule has 1 aliphatic heterocycles. The summed E-state index contributed by atoms with van der Waals surface area (Å²) in [6.45, 7) is 0.236. The van der Waals surface area contributed by atoms with Crippen LogP contribution >= 0.6 is 11.6 Å². The minimum absolute atomic E-state index is 0.0120. The first-order chi connectivity index (χ1) is 11.6. The Morgan fingerprint density at radius 1 is 1.33 bits per heavy atom. The highest BCUT2D eigenvalue weighted by Crippen LogP contribution is 2.30. The summed E-state index contributed by atoms with van der Waals surface area (Å²) in [4.78, 5) is 12.6. The van der Waals surface area contributed by atoms with Gasteiger partial charge in [0.15, 0.2) is 6.61 Å². The Kier molecular flexibility index (Phi) is 4.28. The number of rotatable bonds is 3. The first-order valence-corrected chi connectivity index (χ1v) is 7.70. The average molecular weight is 347 g/mol. The number of hydrogen-bond donors (Lipinski definition) is 0. The van der Waals surface area contributed by atoms with Crippen LogP contribution < -0.4 is 10.4 Å². The van der Waals surface area contributed by atoms with Gasteiger partial charge in [-0.3, -0.25) is 4.57 Å². The zero-order valence-corrected chi connectivity index (χ0v) is 13.3. The van der Waals surface area contributed by atoms with Gasteiger partial charge >= 0.3 is 5.69 Å². The second-order valence-electron chi connectivity index (χ2n) is 5.31. The van der Waals surface area contributed by atoms with E-state index >= 15 is 0 Å². The summed E-state index contributed by atoms with van der Waals surface area (Å²) in [6.07, 6.45) is 2.30. The Morgan fingerprint density at radius 3 is 2.83 bits per heavy atom. The molecule has 0 bridgehead atoms. The second kappa shape index (κ2) is 6.38. The quantitative estimate of drug-likeness (QED) is 0.855. The van der Waals surface area contributed by atoms with Gasteiger partial charge < -0.3 is 4.74 Å². The predicted molar refractivity (Wildman–Crippen MR) is 83.8 cm³/mol. The van der Waals surface area contributed by atoms with Gasteiger partial charge in [0.05, 0.1) is 16.4 Å². The molecule has 3 rings (SSSR count). The molecule has 0 saturated carbocycles. The summed E-state index contributed by atoms with van der Waals surface area (Å²) in [5.74, 6) is -0.666. The number of imidazole rings is 1. The highest BCUT2D eigenvalue weighted by molar-refractivity contribution is 6.32. The van der Waals surface area contributed by atoms with Crippen LogP contribution in [-0.4, -0.2) is 15.7 Å². The highest BCUT2D eigenvalue weighted by Gasteiger charge is 2.25. The maximum atomic E-state index is 14.4. The minimum Gasteiger partial charge on any atom is -0.477 e. The molecule has 1 aromatic heterocycles. The van der Waals surface area contributed by atoms with E-state index in [1.54, 1.807) is 6.07 Å². The molecule has 0 fully saturated rings. The van der Waals surface area contributed by atoms with Gasteiger partial charge in [-0.15, -0.1) is 0 Å². The van der Waals surface area contributed by atoms with Crippen molar-refractivity contribution in [2.75, 3.05) is 6.61 Å². The monoisotopic (exact) mass is 346 g/mol. The fourth-order valence-electron chi connectivity index (χ4n) is 2.88. The van der Waals surface area contributed by atoms with Crippen LogP contribution in [0.5, 0.6) is 5.75 Å². The van der Waals surface area contributed by atoms with Crippen LogP contribution in [0.4, 0.5) is 4.39 Å². The van der Waals surface area contributed by atoms with Gasteiger partial charge in [-0.05, 0) is 25.3 Å². The summed E-state index contributed by atoms with van der Waals surface area (Å²) in [6, 6.07) is 6.04. The van der Waals surface area contributed by atoms with Crippen molar-refractivity contribution < 1.29 is 9.13 Å². The SMILES string of the molecule is N#CCOc1cc(-n2c(C#N)c3n(c2=O)CCCC3)c(F)cc1Cl. The van der Waals surface area contributed by atoms with Gasteiger partial charge in [0.1, 0.15) is 29.4 Å². The van der Waals surface area contributed by atoms with E-state index in [0.717, 1.165) is 23.5 Å². The molecule has 2 aromatic rings. The molecule has 1 aromatic carbocycles. The van der Waals surface area contributed by atoms with Crippen molar-refractivity contribution in [1.29, 1.82) is 10.5 Å². The zero-order chi connectivity index (χ0) is 17.3. The molecule has 1 aliphatic rings. The van der Waals surface area contributed by atoms with Crippen LogP contribution in [0.15, 0.2) is 16.9 Å². The van der Waals surface area contributed by atoms with Gasteiger partial charge in [-0.1, -0.05) is 11.6 Å². The van der Waals surface area contributed by atoms with Gasteiger partial charge in [-0.2, -0.15) is 10.5 Å². The number of nitrogens with zero attached hydrogens (tertiary/aromatic N) is 4. The van der Waals surface area contributed by atoms with E-state index in [1.165, 1.54) is 10.6 Å². The Bertz CT molecular complexity index is 949. The van der Waals surface area contributed by atoms with E-state index in [4.69, 9.17) is 21.6 Å². The van der Waals surface area contributed by atoms with Crippen LogP contribution in [0, 0.1) is 28.5 Å². The number of fused-ring (bicyclic) bond motifs is 1. The fourth-order valence-corrected chi connectivity index (χ4v) is 3.09. The largest absolute Gasteiger partial charge is 0.477 e. The maximum Gasteiger partial charge on any atom is 0.334 e. The van der Waals surface area contributed by atoms with E-state index in [1.807, 2.05) is 6.07 Å². The second-order valence-corrected chi connectivity index (χ2v) is 5.72. The molecule has 0 saturated heterocycles. The number of aromatic nitrogens is 2. The summed E-state index contributed by atoms with van der Waals surface area (Å²) in [7, 11) is 0. The number of benzene rings is 1. The molecule has 0 amide bonds. The molecule has 0 N–H and O–H groups in total. The lowest BCUT2D eigenvalue weighted by atomic mass is 10.1. The Labute approximate surface area is 141 Å². The van der Waals surface area contributed by atoms with Crippen molar-refractivity contribution in [2.24, 2.45) is 0 Å². The molecule has 0 spiro atoms. The lowest BCUT2D eigenvalue weighted by molar-refractivity contribution is 0.367. The normalized spacial score (nSPS) is 13.0. The van der Waals surface area contributed by atoms with Gasteiger partial charge in [0, 0.05) is 12.6 Å². The third kappa shape index (κ3) is 2.53. The third-order valence-corrected chi connectivity index (χ3v) is 4.23. The molecule has 24 heavy (non-hydrogen) atoms. The summed E-state index contributed by atoms with van der Waals surface area (Å²) >= 11 is 5.91. The van der Waals surface area contributed by atoms with Crippen LogP contribution in [0.1, 0.15) is 24.2 Å². The number of hydrogen-bond acceptors (Lipinski definition) is 4. The third-order valence-electron chi connectivity index (χ3n) is 3.93.